The Kier molecular flexibility index (Phi) is 4.90. The minimum atomic E-state index is -0.496. The fraction of sp³-hybridized carbons (Fsp3) is 0.222. The van der Waals surface area contributed by atoms with Crippen molar-refractivity contribution in [2.24, 2.45) is 0 Å². The third-order valence-electron chi connectivity index (χ3n) is 4.24. The summed E-state index contributed by atoms with van der Waals surface area (Å²) in [6.45, 7) is 2.21. The van der Waals surface area contributed by atoms with Crippen molar-refractivity contribution >= 4 is 40.5 Å². The zero-order valence-corrected chi connectivity index (χ0v) is 14.7. The van der Waals surface area contributed by atoms with Crippen LogP contribution in [-0.2, 0) is 4.79 Å². The normalized spacial score (nSPS) is 13.8. The average Bonchev–Trinajstić information content (AvgIpc) is 3.02. The maximum Gasteiger partial charge on any atom is 0.272 e. The molecule has 0 spiro atoms. The highest BCUT2D eigenvalue weighted by molar-refractivity contribution is 6.34. The highest BCUT2D eigenvalue weighted by Crippen LogP contribution is 2.30. The van der Waals surface area contributed by atoms with Gasteiger partial charge in [-0.25, -0.2) is 0 Å². The zero-order chi connectivity index (χ0) is 18.8. The SMILES string of the molecule is Cc1cc(C(=O)Nc2cc(N3CCCC3=O)ccc2Cl)ccc1[N+](=O)[O-]. The molecule has 0 saturated carbocycles. The number of anilines is 2. The monoisotopic (exact) mass is 373 g/mol. The maximum absolute atomic E-state index is 12.5. The molecule has 26 heavy (non-hydrogen) atoms. The maximum atomic E-state index is 12.5. The largest absolute Gasteiger partial charge is 0.321 e. The number of carbonyl (C=O) groups is 2. The van der Waals surface area contributed by atoms with Crippen LogP contribution in [0.2, 0.25) is 5.02 Å². The minimum absolute atomic E-state index is 0.0376. The third kappa shape index (κ3) is 3.52. The van der Waals surface area contributed by atoms with Crippen LogP contribution >= 0.6 is 11.6 Å². The van der Waals surface area contributed by atoms with E-state index in [9.17, 15) is 19.7 Å². The molecule has 0 aromatic heterocycles. The summed E-state index contributed by atoms with van der Waals surface area (Å²) in [5, 5.41) is 13.9. The van der Waals surface area contributed by atoms with E-state index in [-0.39, 0.29) is 17.2 Å². The Hall–Kier alpha value is -2.93. The van der Waals surface area contributed by atoms with Gasteiger partial charge in [-0.15, -0.1) is 0 Å². The van der Waals surface area contributed by atoms with Crippen molar-refractivity contribution in [1.82, 2.24) is 0 Å². The second kappa shape index (κ2) is 7.13. The lowest BCUT2D eigenvalue weighted by atomic mass is 10.1. The van der Waals surface area contributed by atoms with E-state index in [1.165, 1.54) is 18.2 Å². The molecule has 8 heteroatoms. The number of rotatable bonds is 4. The fourth-order valence-corrected chi connectivity index (χ4v) is 3.06. The summed E-state index contributed by atoms with van der Waals surface area (Å²) >= 11 is 6.16. The molecule has 134 valence electrons. The van der Waals surface area contributed by atoms with Crippen molar-refractivity contribution in [2.45, 2.75) is 19.8 Å². The minimum Gasteiger partial charge on any atom is -0.321 e. The molecule has 1 fully saturated rings. The lowest BCUT2D eigenvalue weighted by Crippen LogP contribution is -2.23. The van der Waals surface area contributed by atoms with Gasteiger partial charge in [0.05, 0.1) is 15.6 Å². The van der Waals surface area contributed by atoms with Crippen molar-refractivity contribution in [3.63, 3.8) is 0 Å². The van der Waals surface area contributed by atoms with E-state index < -0.39 is 10.8 Å². The number of nitrogens with one attached hydrogen (secondary N) is 1. The predicted molar refractivity (Wildman–Crippen MR) is 98.8 cm³/mol. The number of nitro benzene ring substituents is 1. The van der Waals surface area contributed by atoms with E-state index in [0.717, 1.165) is 6.42 Å². The van der Waals surface area contributed by atoms with E-state index in [1.807, 2.05) is 0 Å². The van der Waals surface area contributed by atoms with Crippen LogP contribution in [0, 0.1) is 17.0 Å². The Morgan fingerprint density at radius 3 is 2.65 bits per heavy atom. The lowest BCUT2D eigenvalue weighted by Gasteiger charge is -2.17. The number of carbonyl (C=O) groups excluding carboxylic acids is 2. The van der Waals surface area contributed by atoms with Gasteiger partial charge in [0.2, 0.25) is 5.91 Å². The van der Waals surface area contributed by atoms with Crippen molar-refractivity contribution < 1.29 is 14.5 Å². The second-order valence-corrected chi connectivity index (χ2v) is 6.43. The Morgan fingerprint density at radius 1 is 1.27 bits per heavy atom. The molecule has 1 N–H and O–H groups in total. The fourth-order valence-electron chi connectivity index (χ4n) is 2.89. The molecular formula is C18H16ClN3O4. The van der Waals surface area contributed by atoms with Crippen molar-refractivity contribution in [3.8, 4) is 0 Å². The highest BCUT2D eigenvalue weighted by Gasteiger charge is 2.22. The Bertz CT molecular complexity index is 913. The summed E-state index contributed by atoms with van der Waals surface area (Å²) in [6, 6.07) is 9.15. The average molecular weight is 374 g/mol. The standard InChI is InChI=1S/C18H16ClN3O4/c1-11-9-12(4-7-16(11)22(25)26)18(24)20-15-10-13(5-6-14(15)19)21-8-2-3-17(21)23/h4-7,9-10H,2-3,8H2,1H3,(H,20,24). The van der Waals surface area contributed by atoms with Gasteiger partial charge in [0.15, 0.2) is 0 Å². The highest BCUT2D eigenvalue weighted by atomic mass is 35.5. The molecular weight excluding hydrogens is 358 g/mol. The van der Waals surface area contributed by atoms with E-state index in [0.29, 0.717) is 34.9 Å². The topological polar surface area (TPSA) is 92.6 Å². The number of aryl methyl sites for hydroxylation is 1. The number of nitro groups is 1. The van der Waals surface area contributed by atoms with Crippen LogP contribution in [0.1, 0.15) is 28.8 Å². The summed E-state index contributed by atoms with van der Waals surface area (Å²) in [5.74, 6) is -0.398. The van der Waals surface area contributed by atoms with Crippen molar-refractivity contribution in [3.05, 3.63) is 62.7 Å². The quantitative estimate of drug-likeness (QED) is 0.649. The van der Waals surface area contributed by atoms with Crippen LogP contribution < -0.4 is 10.2 Å². The number of amides is 2. The molecule has 7 nitrogen and oxygen atoms in total. The van der Waals surface area contributed by atoms with Gasteiger partial charge >= 0.3 is 0 Å². The number of benzene rings is 2. The molecule has 2 amide bonds. The van der Waals surface area contributed by atoms with Crippen LogP contribution in [-0.4, -0.2) is 23.3 Å². The zero-order valence-electron chi connectivity index (χ0n) is 14.0. The van der Waals surface area contributed by atoms with E-state index in [1.54, 1.807) is 30.0 Å². The third-order valence-corrected chi connectivity index (χ3v) is 4.57. The smallest absolute Gasteiger partial charge is 0.272 e. The lowest BCUT2D eigenvalue weighted by molar-refractivity contribution is -0.385. The summed E-state index contributed by atoms with van der Waals surface area (Å²) in [5.41, 5.74) is 1.68. The molecule has 2 aromatic carbocycles. The first-order chi connectivity index (χ1) is 12.4. The van der Waals surface area contributed by atoms with E-state index >= 15 is 0 Å². The Balaban J connectivity index is 1.84. The molecule has 1 aliphatic heterocycles. The van der Waals surface area contributed by atoms with Gasteiger partial charge in [-0.2, -0.15) is 0 Å². The van der Waals surface area contributed by atoms with Gasteiger partial charge in [0.25, 0.3) is 11.6 Å². The van der Waals surface area contributed by atoms with Gasteiger partial charge in [-0.1, -0.05) is 11.6 Å². The molecule has 1 aliphatic rings. The number of hydrogen-bond donors (Lipinski definition) is 1. The van der Waals surface area contributed by atoms with Gasteiger partial charge in [0.1, 0.15) is 0 Å². The number of hydrogen-bond acceptors (Lipinski definition) is 4. The van der Waals surface area contributed by atoms with E-state index in [4.69, 9.17) is 11.6 Å². The molecule has 3 rings (SSSR count). The first-order valence-electron chi connectivity index (χ1n) is 8.03. The molecule has 1 heterocycles. The molecule has 1 saturated heterocycles. The van der Waals surface area contributed by atoms with Crippen molar-refractivity contribution in [1.29, 1.82) is 0 Å². The summed E-state index contributed by atoms with van der Waals surface area (Å²) in [4.78, 5) is 36.4. The van der Waals surface area contributed by atoms with Crippen LogP contribution in [0.25, 0.3) is 0 Å². The van der Waals surface area contributed by atoms with Crippen molar-refractivity contribution in [2.75, 3.05) is 16.8 Å². The second-order valence-electron chi connectivity index (χ2n) is 6.03. The van der Waals surface area contributed by atoms with Crippen LogP contribution in [0.3, 0.4) is 0 Å². The molecule has 0 radical (unpaired) electrons. The first kappa shape index (κ1) is 17.9. The summed E-state index contributed by atoms with van der Waals surface area (Å²) < 4.78 is 0. The van der Waals surface area contributed by atoms with Gasteiger partial charge < -0.3 is 10.2 Å². The molecule has 2 aromatic rings. The Labute approximate surface area is 154 Å². The van der Waals surface area contributed by atoms with Gasteiger partial charge in [-0.3, -0.25) is 19.7 Å². The number of nitrogens with zero attached hydrogens (tertiary/aromatic N) is 2. The summed E-state index contributed by atoms with van der Waals surface area (Å²) in [7, 11) is 0. The first-order valence-corrected chi connectivity index (χ1v) is 8.41. The molecule has 0 bridgehead atoms. The van der Waals surface area contributed by atoms with E-state index in [2.05, 4.69) is 5.32 Å². The van der Waals surface area contributed by atoms with Crippen LogP contribution in [0.4, 0.5) is 17.1 Å². The van der Waals surface area contributed by atoms with Gasteiger partial charge in [0, 0.05) is 35.8 Å². The Morgan fingerprint density at radius 2 is 2.04 bits per heavy atom. The summed E-state index contributed by atoms with van der Waals surface area (Å²) in [6.07, 6.45) is 1.30. The predicted octanol–water partition coefficient (Wildman–Crippen LogP) is 3.94. The van der Waals surface area contributed by atoms with Gasteiger partial charge in [-0.05, 0) is 43.7 Å². The molecule has 0 aliphatic carbocycles. The number of halogens is 1. The van der Waals surface area contributed by atoms with Crippen LogP contribution in [0.15, 0.2) is 36.4 Å². The van der Waals surface area contributed by atoms with Crippen LogP contribution in [0.5, 0.6) is 0 Å². The molecule has 0 atom stereocenters. The molecule has 0 unspecified atom stereocenters.